The molecule has 8 heteroatoms. The number of carbonyl (C=O) groups is 1. The molecular formula is C24H26F2N4O2. The number of benzene rings is 1. The highest BCUT2D eigenvalue weighted by atomic mass is 19.1. The van der Waals surface area contributed by atoms with E-state index in [1.54, 1.807) is 6.20 Å². The van der Waals surface area contributed by atoms with Crippen molar-refractivity contribution in [3.8, 4) is 6.01 Å². The van der Waals surface area contributed by atoms with Gasteiger partial charge < -0.3 is 10.1 Å². The smallest absolute Gasteiger partial charge is 0.316 e. The summed E-state index contributed by atoms with van der Waals surface area (Å²) in [6.45, 7) is 2.06. The maximum absolute atomic E-state index is 14.2. The molecule has 0 saturated heterocycles. The summed E-state index contributed by atoms with van der Waals surface area (Å²) in [7, 11) is 1.47. The highest BCUT2D eigenvalue weighted by Crippen LogP contribution is 2.40. The van der Waals surface area contributed by atoms with Crippen molar-refractivity contribution in [3.05, 3.63) is 59.6 Å². The number of nitrogens with zero attached hydrogens (tertiary/aromatic N) is 3. The van der Waals surface area contributed by atoms with Gasteiger partial charge in [-0.05, 0) is 61.6 Å². The first-order chi connectivity index (χ1) is 15.5. The molecule has 168 valence electrons. The molecule has 1 N–H and O–H groups in total. The van der Waals surface area contributed by atoms with Gasteiger partial charge in [0.1, 0.15) is 11.3 Å². The van der Waals surface area contributed by atoms with Crippen molar-refractivity contribution in [1.29, 1.82) is 0 Å². The number of halogens is 2. The highest BCUT2D eigenvalue weighted by Gasteiger charge is 2.29. The van der Waals surface area contributed by atoms with Gasteiger partial charge in [-0.3, -0.25) is 9.78 Å². The number of rotatable bonds is 6. The van der Waals surface area contributed by atoms with Crippen LogP contribution in [0.1, 0.15) is 60.9 Å². The summed E-state index contributed by atoms with van der Waals surface area (Å²) in [6.07, 6.45) is 8.94. The minimum atomic E-state index is -0.633. The molecule has 1 amide bonds. The monoisotopic (exact) mass is 440 g/mol. The topological polar surface area (TPSA) is 77.0 Å². The number of nitrogens with one attached hydrogen (secondary N) is 1. The average molecular weight is 440 g/mol. The molecule has 0 aliphatic heterocycles. The van der Waals surface area contributed by atoms with Crippen LogP contribution in [-0.4, -0.2) is 34.0 Å². The van der Waals surface area contributed by atoms with E-state index in [0.717, 1.165) is 43.7 Å². The zero-order valence-electron chi connectivity index (χ0n) is 18.1. The zero-order chi connectivity index (χ0) is 22.7. The summed E-state index contributed by atoms with van der Waals surface area (Å²) in [5, 5.41) is 3.67. The van der Waals surface area contributed by atoms with Crippen LogP contribution in [0.5, 0.6) is 6.01 Å². The quantitative estimate of drug-likeness (QED) is 0.596. The molecule has 1 aliphatic carbocycles. The van der Waals surface area contributed by atoms with Crippen LogP contribution in [0, 0.1) is 17.6 Å². The summed E-state index contributed by atoms with van der Waals surface area (Å²) >= 11 is 0. The number of amides is 1. The molecule has 0 bridgehead atoms. The summed E-state index contributed by atoms with van der Waals surface area (Å²) in [5.41, 5.74) is 1.55. The van der Waals surface area contributed by atoms with Crippen molar-refractivity contribution in [3.63, 3.8) is 0 Å². The largest absolute Gasteiger partial charge is 0.467 e. The minimum absolute atomic E-state index is 0.0367. The minimum Gasteiger partial charge on any atom is -0.467 e. The van der Waals surface area contributed by atoms with Crippen LogP contribution in [0.2, 0.25) is 0 Å². The molecule has 0 spiro atoms. The van der Waals surface area contributed by atoms with E-state index in [1.165, 1.54) is 25.6 Å². The maximum Gasteiger partial charge on any atom is 0.316 e. The highest BCUT2D eigenvalue weighted by molar-refractivity contribution is 5.93. The van der Waals surface area contributed by atoms with Crippen molar-refractivity contribution < 1.29 is 18.3 Å². The van der Waals surface area contributed by atoms with E-state index in [0.29, 0.717) is 16.9 Å². The van der Waals surface area contributed by atoms with Gasteiger partial charge in [0.05, 0.1) is 12.7 Å². The lowest BCUT2D eigenvalue weighted by molar-refractivity contribution is 0.0908. The van der Waals surface area contributed by atoms with Gasteiger partial charge in [-0.2, -0.15) is 0 Å². The molecule has 2 heterocycles. The second-order valence-corrected chi connectivity index (χ2v) is 8.24. The average Bonchev–Trinajstić information content (AvgIpc) is 2.82. The number of hydrogen-bond acceptors (Lipinski definition) is 5. The molecule has 3 aromatic rings. The van der Waals surface area contributed by atoms with Crippen LogP contribution in [-0.2, 0) is 0 Å². The SMILES string of the molecule is CC[C@H](NC(=O)c1cnc(OC)nc1)[C@H]1CC[C@@H](c2ccnc3c(F)cc(F)cc32)CC1. The molecule has 6 nitrogen and oxygen atoms in total. The van der Waals surface area contributed by atoms with Crippen molar-refractivity contribution in [2.45, 2.75) is 51.0 Å². The van der Waals surface area contributed by atoms with E-state index < -0.39 is 11.6 Å². The second-order valence-electron chi connectivity index (χ2n) is 8.24. The van der Waals surface area contributed by atoms with Gasteiger partial charge in [-0.15, -0.1) is 0 Å². The number of carbonyl (C=O) groups excluding carboxylic acids is 1. The van der Waals surface area contributed by atoms with Gasteiger partial charge in [-0.1, -0.05) is 6.92 Å². The van der Waals surface area contributed by atoms with E-state index in [1.807, 2.05) is 6.07 Å². The molecule has 1 aromatic carbocycles. The molecule has 0 radical (unpaired) electrons. The number of fused-ring (bicyclic) bond motifs is 1. The van der Waals surface area contributed by atoms with Crippen molar-refractivity contribution >= 4 is 16.8 Å². The van der Waals surface area contributed by atoms with E-state index in [4.69, 9.17) is 4.74 Å². The molecule has 2 aromatic heterocycles. The van der Waals surface area contributed by atoms with Crippen LogP contribution in [0.3, 0.4) is 0 Å². The zero-order valence-corrected chi connectivity index (χ0v) is 18.1. The summed E-state index contributed by atoms with van der Waals surface area (Å²) < 4.78 is 32.9. The first-order valence-corrected chi connectivity index (χ1v) is 10.9. The standard InChI is InChI=1S/C24H26F2N4O2/c1-3-21(30-23(31)16-12-28-24(32-2)29-13-16)15-6-4-14(5-7-15)18-8-9-27-22-19(18)10-17(25)11-20(22)26/h8-15,21H,3-7H2,1-2H3,(H,30,31)/t14-,15+,21-/m0/s1. The lowest BCUT2D eigenvalue weighted by Gasteiger charge is -2.34. The summed E-state index contributed by atoms with van der Waals surface area (Å²) in [5.74, 6) is -0.879. The molecule has 1 aliphatic rings. The third-order valence-electron chi connectivity index (χ3n) is 6.41. The fraction of sp³-hybridized carbons (Fsp3) is 0.417. The van der Waals surface area contributed by atoms with Crippen LogP contribution in [0.25, 0.3) is 10.9 Å². The van der Waals surface area contributed by atoms with Crippen LogP contribution < -0.4 is 10.1 Å². The third-order valence-corrected chi connectivity index (χ3v) is 6.41. The lowest BCUT2D eigenvalue weighted by atomic mass is 9.75. The Morgan fingerprint density at radius 1 is 1.16 bits per heavy atom. The van der Waals surface area contributed by atoms with Gasteiger partial charge in [0.15, 0.2) is 5.82 Å². The van der Waals surface area contributed by atoms with Crippen LogP contribution in [0.15, 0.2) is 36.8 Å². The molecular weight excluding hydrogens is 414 g/mol. The Labute approximate surface area is 185 Å². The van der Waals surface area contributed by atoms with Crippen molar-refractivity contribution in [2.75, 3.05) is 7.11 Å². The Morgan fingerprint density at radius 3 is 2.53 bits per heavy atom. The molecule has 0 unspecified atom stereocenters. The summed E-state index contributed by atoms with van der Waals surface area (Å²) in [6, 6.07) is 4.37. The predicted molar refractivity (Wildman–Crippen MR) is 116 cm³/mol. The first kappa shape index (κ1) is 22.0. The Balaban J connectivity index is 1.43. The normalized spacial score (nSPS) is 19.5. The maximum atomic E-state index is 14.2. The van der Waals surface area contributed by atoms with Crippen LogP contribution in [0.4, 0.5) is 8.78 Å². The Hall–Kier alpha value is -3.16. The Bertz CT molecular complexity index is 1100. The van der Waals surface area contributed by atoms with Gasteiger partial charge in [0.25, 0.3) is 5.91 Å². The Kier molecular flexibility index (Phi) is 6.58. The molecule has 1 fully saturated rings. The molecule has 1 atom stereocenters. The second kappa shape index (κ2) is 9.54. The lowest BCUT2D eigenvalue weighted by Crippen LogP contribution is -2.41. The number of methoxy groups -OCH3 is 1. The van der Waals surface area contributed by atoms with Crippen LogP contribution >= 0.6 is 0 Å². The number of hydrogen-bond donors (Lipinski definition) is 1. The van der Waals surface area contributed by atoms with E-state index in [2.05, 4.69) is 27.2 Å². The van der Waals surface area contributed by atoms with Crippen molar-refractivity contribution in [1.82, 2.24) is 20.3 Å². The fourth-order valence-corrected chi connectivity index (χ4v) is 4.73. The number of pyridine rings is 1. The van der Waals surface area contributed by atoms with E-state index in [-0.39, 0.29) is 29.4 Å². The van der Waals surface area contributed by atoms with Gasteiger partial charge in [-0.25, -0.2) is 18.7 Å². The van der Waals surface area contributed by atoms with Gasteiger partial charge >= 0.3 is 6.01 Å². The summed E-state index contributed by atoms with van der Waals surface area (Å²) in [4.78, 5) is 24.7. The number of ether oxygens (including phenoxy) is 1. The molecule has 4 rings (SSSR count). The van der Waals surface area contributed by atoms with E-state index >= 15 is 0 Å². The van der Waals surface area contributed by atoms with Gasteiger partial charge in [0, 0.05) is 36.1 Å². The molecule has 1 saturated carbocycles. The number of aromatic nitrogens is 3. The molecule has 32 heavy (non-hydrogen) atoms. The van der Waals surface area contributed by atoms with Crippen molar-refractivity contribution in [2.24, 2.45) is 5.92 Å². The fourth-order valence-electron chi connectivity index (χ4n) is 4.73. The Morgan fingerprint density at radius 2 is 1.88 bits per heavy atom. The third kappa shape index (κ3) is 4.54. The predicted octanol–water partition coefficient (Wildman–Crippen LogP) is 4.79. The van der Waals surface area contributed by atoms with E-state index in [9.17, 15) is 13.6 Å². The van der Waals surface area contributed by atoms with Gasteiger partial charge in [0.2, 0.25) is 0 Å². The first-order valence-electron chi connectivity index (χ1n) is 10.9.